The lowest BCUT2D eigenvalue weighted by Crippen LogP contribution is -2.23. The fourth-order valence-corrected chi connectivity index (χ4v) is 0.503. The summed E-state index contributed by atoms with van der Waals surface area (Å²) in [6, 6.07) is 0. The largest absolute Gasteiger partial charge is 0.349 e. The molecular formula is C6H12O3. The highest BCUT2D eigenvalue weighted by molar-refractivity contribution is 5.78. The van der Waals surface area contributed by atoms with Crippen molar-refractivity contribution in [2.75, 3.05) is 13.7 Å². The minimum absolute atomic E-state index is 0.0978. The molecule has 3 heteroatoms. The highest BCUT2D eigenvalue weighted by atomic mass is 16.7. The summed E-state index contributed by atoms with van der Waals surface area (Å²) >= 11 is 0. The number of carbonyl (C=O) groups excluding carboxylic acids is 1. The van der Waals surface area contributed by atoms with Crippen molar-refractivity contribution in [3.63, 3.8) is 0 Å². The zero-order valence-corrected chi connectivity index (χ0v) is 6.01. The fraction of sp³-hybridized carbons (Fsp3) is 0.833. The Morgan fingerprint density at radius 1 is 1.67 bits per heavy atom. The first-order valence-corrected chi connectivity index (χ1v) is 2.87. The van der Waals surface area contributed by atoms with Gasteiger partial charge in [0, 0.05) is 13.7 Å². The molecule has 0 saturated carbocycles. The van der Waals surface area contributed by atoms with Crippen molar-refractivity contribution in [1.29, 1.82) is 0 Å². The standard InChI is InChI=1S/C6H12O3/c1-4-9-6(8-3)5(2)7/h6H,4H2,1-3H3. The first-order valence-electron chi connectivity index (χ1n) is 2.87. The molecule has 0 heterocycles. The van der Waals surface area contributed by atoms with Crippen molar-refractivity contribution in [1.82, 2.24) is 0 Å². The second-order valence-electron chi connectivity index (χ2n) is 1.63. The quantitative estimate of drug-likeness (QED) is 0.525. The molecule has 0 aliphatic rings. The smallest absolute Gasteiger partial charge is 0.217 e. The molecule has 0 aromatic carbocycles. The number of hydrogen-bond donors (Lipinski definition) is 0. The first kappa shape index (κ1) is 8.59. The third-order valence-electron chi connectivity index (χ3n) is 0.864. The summed E-state index contributed by atoms with van der Waals surface area (Å²) in [5.41, 5.74) is 0. The van der Waals surface area contributed by atoms with Crippen LogP contribution in [0.25, 0.3) is 0 Å². The highest BCUT2D eigenvalue weighted by Crippen LogP contribution is 1.92. The second-order valence-corrected chi connectivity index (χ2v) is 1.63. The van der Waals surface area contributed by atoms with Gasteiger partial charge >= 0.3 is 0 Å². The predicted octanol–water partition coefficient (Wildman–Crippen LogP) is 0.584. The van der Waals surface area contributed by atoms with E-state index in [-0.39, 0.29) is 5.78 Å². The van der Waals surface area contributed by atoms with Gasteiger partial charge in [-0.2, -0.15) is 0 Å². The van der Waals surface area contributed by atoms with Gasteiger partial charge in [-0.1, -0.05) is 0 Å². The maximum absolute atomic E-state index is 10.5. The van der Waals surface area contributed by atoms with Crippen molar-refractivity contribution >= 4 is 5.78 Å². The molecule has 0 radical (unpaired) electrons. The lowest BCUT2D eigenvalue weighted by Gasteiger charge is -2.09. The minimum Gasteiger partial charge on any atom is -0.349 e. The van der Waals surface area contributed by atoms with E-state index in [1.807, 2.05) is 6.92 Å². The van der Waals surface area contributed by atoms with E-state index in [1.165, 1.54) is 14.0 Å². The van der Waals surface area contributed by atoms with E-state index >= 15 is 0 Å². The van der Waals surface area contributed by atoms with Gasteiger partial charge in [0.25, 0.3) is 0 Å². The third-order valence-corrected chi connectivity index (χ3v) is 0.864. The van der Waals surface area contributed by atoms with E-state index in [0.717, 1.165) is 0 Å². The molecule has 1 unspecified atom stereocenters. The molecule has 0 rings (SSSR count). The van der Waals surface area contributed by atoms with Crippen molar-refractivity contribution in [3.05, 3.63) is 0 Å². The van der Waals surface area contributed by atoms with Gasteiger partial charge in [-0.3, -0.25) is 4.79 Å². The zero-order chi connectivity index (χ0) is 7.28. The molecule has 0 aromatic rings. The summed E-state index contributed by atoms with van der Waals surface area (Å²) in [6.07, 6.45) is -0.671. The number of carbonyl (C=O) groups is 1. The first-order chi connectivity index (χ1) is 4.22. The SMILES string of the molecule is CCOC(OC)C(C)=O. The van der Waals surface area contributed by atoms with Gasteiger partial charge in [0.2, 0.25) is 6.29 Å². The van der Waals surface area contributed by atoms with Crippen LogP contribution < -0.4 is 0 Å². The van der Waals surface area contributed by atoms with Gasteiger partial charge in [-0.25, -0.2) is 0 Å². The van der Waals surface area contributed by atoms with Crippen LogP contribution in [0.1, 0.15) is 13.8 Å². The molecule has 0 spiro atoms. The Bertz CT molecular complexity index is 90.3. The van der Waals surface area contributed by atoms with Crippen molar-refractivity contribution in [3.8, 4) is 0 Å². The lowest BCUT2D eigenvalue weighted by molar-refractivity contribution is -0.159. The number of ether oxygens (including phenoxy) is 2. The molecule has 54 valence electrons. The van der Waals surface area contributed by atoms with Gasteiger partial charge in [-0.05, 0) is 13.8 Å². The van der Waals surface area contributed by atoms with E-state index in [4.69, 9.17) is 4.74 Å². The third kappa shape index (κ3) is 3.21. The van der Waals surface area contributed by atoms with Crippen LogP contribution in [0.3, 0.4) is 0 Å². The Morgan fingerprint density at radius 3 is 2.33 bits per heavy atom. The van der Waals surface area contributed by atoms with E-state index in [9.17, 15) is 4.79 Å². The molecule has 0 fully saturated rings. The van der Waals surface area contributed by atoms with Crippen LogP contribution in [0.2, 0.25) is 0 Å². The topological polar surface area (TPSA) is 35.5 Å². The Labute approximate surface area is 55.0 Å². The number of methoxy groups -OCH3 is 1. The van der Waals surface area contributed by atoms with Crippen LogP contribution in [0.5, 0.6) is 0 Å². The Hall–Kier alpha value is -0.410. The van der Waals surface area contributed by atoms with E-state index in [2.05, 4.69) is 4.74 Å². The van der Waals surface area contributed by atoms with Crippen LogP contribution in [-0.2, 0) is 14.3 Å². The fourth-order valence-electron chi connectivity index (χ4n) is 0.503. The van der Waals surface area contributed by atoms with Crippen LogP contribution in [0.15, 0.2) is 0 Å². The van der Waals surface area contributed by atoms with Crippen LogP contribution in [0, 0.1) is 0 Å². The molecule has 0 amide bonds. The summed E-state index contributed by atoms with van der Waals surface area (Å²) in [4.78, 5) is 10.5. The Morgan fingerprint density at radius 2 is 2.22 bits per heavy atom. The molecule has 0 saturated heterocycles. The molecule has 0 aliphatic carbocycles. The molecular weight excluding hydrogens is 120 g/mol. The molecule has 3 nitrogen and oxygen atoms in total. The number of ketones is 1. The summed E-state index contributed by atoms with van der Waals surface area (Å²) < 4.78 is 9.56. The number of hydrogen-bond acceptors (Lipinski definition) is 3. The zero-order valence-electron chi connectivity index (χ0n) is 6.01. The van der Waals surface area contributed by atoms with Gasteiger partial charge < -0.3 is 9.47 Å². The molecule has 0 bridgehead atoms. The van der Waals surface area contributed by atoms with Crippen molar-refractivity contribution < 1.29 is 14.3 Å². The predicted molar refractivity (Wildman–Crippen MR) is 33.1 cm³/mol. The molecule has 0 N–H and O–H groups in total. The van der Waals surface area contributed by atoms with Crippen molar-refractivity contribution in [2.24, 2.45) is 0 Å². The van der Waals surface area contributed by atoms with Gasteiger partial charge in [0.15, 0.2) is 5.78 Å². The molecule has 0 aliphatic heterocycles. The second kappa shape index (κ2) is 4.47. The molecule has 0 aromatic heterocycles. The summed E-state index contributed by atoms with van der Waals surface area (Å²) in [5, 5.41) is 0. The van der Waals surface area contributed by atoms with E-state index in [1.54, 1.807) is 0 Å². The van der Waals surface area contributed by atoms with E-state index < -0.39 is 6.29 Å². The number of rotatable bonds is 4. The van der Waals surface area contributed by atoms with Gasteiger partial charge in [0.05, 0.1) is 0 Å². The average molecular weight is 132 g/mol. The van der Waals surface area contributed by atoms with Crippen LogP contribution >= 0.6 is 0 Å². The van der Waals surface area contributed by atoms with Crippen molar-refractivity contribution in [2.45, 2.75) is 20.1 Å². The monoisotopic (exact) mass is 132 g/mol. The average Bonchev–Trinajstić information content (AvgIpc) is 1.82. The Kier molecular flexibility index (Phi) is 4.26. The molecule has 9 heavy (non-hydrogen) atoms. The maximum atomic E-state index is 10.5. The molecule has 1 atom stereocenters. The summed E-state index contributed by atoms with van der Waals surface area (Å²) in [6.45, 7) is 3.75. The summed E-state index contributed by atoms with van der Waals surface area (Å²) in [7, 11) is 1.45. The Balaban J connectivity index is 3.54. The van der Waals surface area contributed by atoms with Gasteiger partial charge in [0.1, 0.15) is 0 Å². The van der Waals surface area contributed by atoms with Crippen LogP contribution in [0.4, 0.5) is 0 Å². The number of Topliss-reactive ketones (excluding diaryl/α,β-unsaturated/α-hetero) is 1. The minimum atomic E-state index is -0.671. The summed E-state index contributed by atoms with van der Waals surface area (Å²) in [5.74, 6) is -0.0978. The lowest BCUT2D eigenvalue weighted by atomic mass is 10.4. The van der Waals surface area contributed by atoms with Gasteiger partial charge in [-0.15, -0.1) is 0 Å². The van der Waals surface area contributed by atoms with E-state index in [0.29, 0.717) is 6.61 Å². The highest BCUT2D eigenvalue weighted by Gasteiger charge is 2.10. The van der Waals surface area contributed by atoms with Crippen LogP contribution in [-0.4, -0.2) is 25.8 Å². The maximum Gasteiger partial charge on any atom is 0.217 e. The normalized spacial score (nSPS) is 13.2.